The van der Waals surface area contributed by atoms with Crippen LogP contribution in [-0.2, 0) is 0 Å². The summed E-state index contributed by atoms with van der Waals surface area (Å²) in [5, 5.41) is 0.353. The van der Waals surface area contributed by atoms with E-state index in [0.717, 1.165) is 18.8 Å². The quantitative estimate of drug-likeness (QED) is 0.662. The van der Waals surface area contributed by atoms with Crippen LogP contribution in [-0.4, -0.2) is 28.9 Å². The third-order valence-electron chi connectivity index (χ3n) is 4.49. The maximum absolute atomic E-state index is 12.5. The molecule has 0 aliphatic heterocycles. The lowest BCUT2D eigenvalue weighted by molar-refractivity contribution is 0.0674. The third kappa shape index (κ3) is 3.66. The van der Waals surface area contributed by atoms with Gasteiger partial charge < -0.3 is 10.3 Å². The minimum Gasteiger partial charge on any atom is -0.339 e. The number of hydrazine groups is 1. The van der Waals surface area contributed by atoms with Crippen LogP contribution in [0, 0.1) is 5.92 Å². The normalized spacial score (nSPS) is 21.9. The highest BCUT2D eigenvalue weighted by Gasteiger charge is 2.26. The first-order chi connectivity index (χ1) is 10.1. The second-order valence-corrected chi connectivity index (χ2v) is 6.10. The summed E-state index contributed by atoms with van der Waals surface area (Å²) in [5.74, 6) is 6.44. The second-order valence-electron chi connectivity index (χ2n) is 5.70. The molecule has 1 saturated carbocycles. The van der Waals surface area contributed by atoms with Crippen molar-refractivity contribution >= 4 is 23.3 Å². The maximum Gasteiger partial charge on any atom is 0.255 e. The van der Waals surface area contributed by atoms with Gasteiger partial charge in [-0.05, 0) is 37.7 Å². The number of carbonyl (C=O) groups excluding carboxylic acids is 1. The van der Waals surface area contributed by atoms with E-state index in [1.54, 1.807) is 6.07 Å². The Morgan fingerprint density at radius 2 is 2.14 bits per heavy atom. The average Bonchev–Trinajstić information content (AvgIpc) is 2.53. The van der Waals surface area contributed by atoms with Gasteiger partial charge in [0.15, 0.2) is 5.82 Å². The average molecular weight is 311 g/mol. The molecule has 116 valence electrons. The van der Waals surface area contributed by atoms with Gasteiger partial charge in [-0.2, -0.15) is 0 Å². The first-order valence-electron chi connectivity index (χ1n) is 7.46. The van der Waals surface area contributed by atoms with Gasteiger partial charge in [0.25, 0.3) is 5.91 Å². The Bertz CT molecular complexity index is 500. The number of rotatable bonds is 4. The van der Waals surface area contributed by atoms with E-state index in [0.29, 0.717) is 22.4 Å². The number of halogens is 1. The molecular formula is C15H23ClN4O. The molecule has 1 fully saturated rings. The Hall–Kier alpha value is -1.33. The van der Waals surface area contributed by atoms with Gasteiger partial charge in [-0.15, -0.1) is 0 Å². The molecule has 0 radical (unpaired) electrons. The summed E-state index contributed by atoms with van der Waals surface area (Å²) in [7, 11) is 1.86. The Kier molecular flexibility index (Phi) is 5.42. The van der Waals surface area contributed by atoms with Gasteiger partial charge in [0.05, 0.1) is 10.6 Å². The zero-order valence-electron chi connectivity index (χ0n) is 12.6. The minimum absolute atomic E-state index is 0.0343. The van der Waals surface area contributed by atoms with Crippen LogP contribution in [0.5, 0.6) is 0 Å². The molecule has 1 heterocycles. The lowest BCUT2D eigenvalue weighted by Gasteiger charge is -2.34. The zero-order chi connectivity index (χ0) is 15.4. The van der Waals surface area contributed by atoms with Crippen molar-refractivity contribution < 1.29 is 4.79 Å². The van der Waals surface area contributed by atoms with Crippen LogP contribution in [0.1, 0.15) is 49.4 Å². The number of nitrogens with zero attached hydrogens (tertiary/aromatic N) is 2. The van der Waals surface area contributed by atoms with Gasteiger partial charge in [-0.3, -0.25) is 4.79 Å². The summed E-state index contributed by atoms with van der Waals surface area (Å²) in [6.45, 7) is 2.24. The standard InChI is InChI=1S/C15H23ClN4O/c1-3-10-4-6-12(7-5-10)20(2)15(21)11-8-13(16)14(19-17)18-9-11/h8-10,12H,3-7,17H2,1-2H3,(H,18,19). The van der Waals surface area contributed by atoms with E-state index < -0.39 is 0 Å². The number of aromatic nitrogens is 1. The number of pyridine rings is 1. The van der Waals surface area contributed by atoms with Crippen LogP contribution >= 0.6 is 11.6 Å². The largest absolute Gasteiger partial charge is 0.339 e. The van der Waals surface area contributed by atoms with Crippen molar-refractivity contribution in [2.45, 2.75) is 45.1 Å². The molecule has 1 aromatic rings. The Labute approximate surface area is 130 Å². The smallest absolute Gasteiger partial charge is 0.255 e. The van der Waals surface area contributed by atoms with Gasteiger partial charge in [0.1, 0.15) is 0 Å². The topological polar surface area (TPSA) is 71.2 Å². The fraction of sp³-hybridized carbons (Fsp3) is 0.600. The molecule has 0 spiro atoms. The van der Waals surface area contributed by atoms with Crippen LogP contribution < -0.4 is 11.3 Å². The van der Waals surface area contributed by atoms with Crippen molar-refractivity contribution in [2.75, 3.05) is 12.5 Å². The number of anilines is 1. The van der Waals surface area contributed by atoms with E-state index in [1.807, 2.05) is 11.9 Å². The number of nitrogen functional groups attached to an aromatic ring is 1. The molecule has 1 aromatic heterocycles. The van der Waals surface area contributed by atoms with Gasteiger partial charge in [0.2, 0.25) is 0 Å². The van der Waals surface area contributed by atoms with Gasteiger partial charge >= 0.3 is 0 Å². The molecule has 0 atom stereocenters. The number of nitrogens with two attached hydrogens (primary N) is 1. The predicted molar refractivity (Wildman–Crippen MR) is 85.2 cm³/mol. The summed E-state index contributed by atoms with van der Waals surface area (Å²) >= 11 is 6.03. The highest BCUT2D eigenvalue weighted by Crippen LogP contribution is 2.30. The van der Waals surface area contributed by atoms with Crippen LogP contribution in [0.3, 0.4) is 0 Å². The minimum atomic E-state index is -0.0343. The van der Waals surface area contributed by atoms with Crippen molar-refractivity contribution in [3.05, 3.63) is 22.8 Å². The van der Waals surface area contributed by atoms with Crippen LogP contribution in [0.4, 0.5) is 5.82 Å². The van der Waals surface area contributed by atoms with Crippen molar-refractivity contribution in [3.63, 3.8) is 0 Å². The van der Waals surface area contributed by atoms with Crippen molar-refractivity contribution in [1.82, 2.24) is 9.88 Å². The third-order valence-corrected chi connectivity index (χ3v) is 4.77. The first kappa shape index (κ1) is 16.0. The zero-order valence-corrected chi connectivity index (χ0v) is 13.4. The van der Waals surface area contributed by atoms with E-state index in [9.17, 15) is 4.79 Å². The molecule has 5 nitrogen and oxygen atoms in total. The number of hydrogen-bond acceptors (Lipinski definition) is 4. The fourth-order valence-corrected chi connectivity index (χ4v) is 3.19. The van der Waals surface area contributed by atoms with E-state index >= 15 is 0 Å². The number of nitrogens with one attached hydrogen (secondary N) is 1. The molecule has 0 aromatic carbocycles. The lowest BCUT2D eigenvalue weighted by atomic mass is 9.84. The van der Waals surface area contributed by atoms with Crippen molar-refractivity contribution in [2.24, 2.45) is 11.8 Å². The van der Waals surface area contributed by atoms with Crippen LogP contribution in [0.2, 0.25) is 5.02 Å². The van der Waals surface area contributed by atoms with Gasteiger partial charge in [-0.1, -0.05) is 24.9 Å². The van der Waals surface area contributed by atoms with Gasteiger partial charge in [-0.25, -0.2) is 10.8 Å². The fourth-order valence-electron chi connectivity index (χ4n) is 2.97. The molecule has 0 bridgehead atoms. The van der Waals surface area contributed by atoms with E-state index in [4.69, 9.17) is 17.4 Å². The number of hydrogen-bond donors (Lipinski definition) is 2. The number of carbonyl (C=O) groups is 1. The Morgan fingerprint density at radius 1 is 1.48 bits per heavy atom. The number of amides is 1. The van der Waals surface area contributed by atoms with E-state index in [2.05, 4.69) is 17.3 Å². The summed E-state index contributed by atoms with van der Waals surface area (Å²) < 4.78 is 0. The molecule has 2 rings (SSSR count). The lowest BCUT2D eigenvalue weighted by Crippen LogP contribution is -2.39. The molecule has 1 aliphatic rings. The maximum atomic E-state index is 12.5. The summed E-state index contributed by atoms with van der Waals surface area (Å²) in [6.07, 6.45) is 7.30. The summed E-state index contributed by atoms with van der Waals surface area (Å²) in [5.41, 5.74) is 2.90. The summed E-state index contributed by atoms with van der Waals surface area (Å²) in [4.78, 5) is 18.4. The SMILES string of the molecule is CCC1CCC(N(C)C(=O)c2cnc(NN)c(Cl)c2)CC1. The monoisotopic (exact) mass is 310 g/mol. The summed E-state index contributed by atoms with van der Waals surface area (Å²) in [6, 6.07) is 1.92. The first-order valence-corrected chi connectivity index (χ1v) is 7.83. The van der Waals surface area contributed by atoms with Gasteiger partial charge in [0, 0.05) is 19.3 Å². The molecule has 21 heavy (non-hydrogen) atoms. The molecular weight excluding hydrogens is 288 g/mol. The van der Waals surface area contributed by atoms with E-state index in [-0.39, 0.29) is 5.91 Å². The van der Waals surface area contributed by atoms with Crippen molar-refractivity contribution in [1.29, 1.82) is 0 Å². The molecule has 0 unspecified atom stereocenters. The molecule has 1 amide bonds. The highest BCUT2D eigenvalue weighted by atomic mass is 35.5. The Morgan fingerprint density at radius 3 is 2.67 bits per heavy atom. The predicted octanol–water partition coefficient (Wildman–Crippen LogP) is 3.06. The molecule has 6 heteroatoms. The van der Waals surface area contributed by atoms with Crippen LogP contribution in [0.15, 0.2) is 12.3 Å². The van der Waals surface area contributed by atoms with E-state index in [1.165, 1.54) is 25.5 Å². The molecule has 0 saturated heterocycles. The highest BCUT2D eigenvalue weighted by molar-refractivity contribution is 6.33. The molecule has 1 aliphatic carbocycles. The second kappa shape index (κ2) is 7.09. The molecule has 3 N–H and O–H groups in total. The van der Waals surface area contributed by atoms with Crippen LogP contribution in [0.25, 0.3) is 0 Å². The van der Waals surface area contributed by atoms with Crippen molar-refractivity contribution in [3.8, 4) is 0 Å². The Balaban J connectivity index is 2.04.